The maximum atomic E-state index is 12.6. The number of carbonyl (C=O) groups excluding carboxylic acids is 2. The number of nitrogens with one attached hydrogen (secondary N) is 2. The Morgan fingerprint density at radius 3 is 2.37 bits per heavy atom. The van der Waals surface area contributed by atoms with Crippen molar-refractivity contribution < 1.29 is 14.3 Å². The number of alkyl carbamates (subject to hydrolysis) is 1. The highest BCUT2D eigenvalue weighted by molar-refractivity contribution is 5.82. The van der Waals surface area contributed by atoms with Crippen LogP contribution in [0, 0.1) is 13.8 Å². The number of amides is 2. The molecule has 0 bridgehead atoms. The van der Waals surface area contributed by atoms with E-state index in [2.05, 4.69) is 25.5 Å². The summed E-state index contributed by atoms with van der Waals surface area (Å²) in [5, 5.41) is 5.80. The van der Waals surface area contributed by atoms with Crippen LogP contribution in [-0.2, 0) is 16.1 Å². The highest BCUT2D eigenvalue weighted by Gasteiger charge is 2.23. The van der Waals surface area contributed by atoms with Crippen LogP contribution in [0.3, 0.4) is 0 Å². The highest BCUT2D eigenvalue weighted by Crippen LogP contribution is 2.20. The third-order valence-electron chi connectivity index (χ3n) is 5.70. The molecule has 1 aliphatic heterocycles. The maximum Gasteiger partial charge on any atom is 0.407 e. The second-order valence-corrected chi connectivity index (χ2v) is 8.47. The Morgan fingerprint density at radius 1 is 0.943 bits per heavy atom. The molecule has 0 aliphatic carbocycles. The second-order valence-electron chi connectivity index (χ2n) is 8.47. The standard InChI is InChI=1S/C26H30N6O3/c1-19-8-10-22(11-9-19)29-25-28-20(2)16-23(30-25)31-12-14-32(15-13-31)24(33)17-27-26(34)35-18-21-6-4-3-5-7-21/h3-11,16H,12-15,17-18H2,1-2H3,(H,27,34)(H,28,29,30). The number of aryl methyl sites for hydroxylation is 2. The lowest BCUT2D eigenvalue weighted by Gasteiger charge is -2.35. The molecule has 4 rings (SSSR count). The summed E-state index contributed by atoms with van der Waals surface area (Å²) < 4.78 is 5.16. The lowest BCUT2D eigenvalue weighted by Crippen LogP contribution is -2.51. The number of nitrogens with zero attached hydrogens (tertiary/aromatic N) is 4. The van der Waals surface area contributed by atoms with Gasteiger partial charge in [0.05, 0.1) is 0 Å². The third-order valence-corrected chi connectivity index (χ3v) is 5.70. The molecule has 35 heavy (non-hydrogen) atoms. The first-order valence-electron chi connectivity index (χ1n) is 11.6. The molecule has 0 atom stereocenters. The van der Waals surface area contributed by atoms with Crippen molar-refractivity contribution in [2.45, 2.75) is 20.5 Å². The van der Waals surface area contributed by atoms with Crippen molar-refractivity contribution in [1.82, 2.24) is 20.2 Å². The molecule has 0 spiro atoms. The number of benzene rings is 2. The van der Waals surface area contributed by atoms with Gasteiger partial charge in [0.15, 0.2) is 0 Å². The molecule has 0 saturated carbocycles. The second kappa shape index (κ2) is 11.3. The number of rotatable bonds is 7. The van der Waals surface area contributed by atoms with Crippen LogP contribution in [0.5, 0.6) is 0 Å². The molecule has 1 aliphatic rings. The number of anilines is 3. The van der Waals surface area contributed by atoms with Crippen LogP contribution in [0.4, 0.5) is 22.2 Å². The van der Waals surface area contributed by atoms with E-state index in [-0.39, 0.29) is 19.1 Å². The van der Waals surface area contributed by atoms with Gasteiger partial charge in [-0.1, -0.05) is 48.0 Å². The number of piperazine rings is 1. The van der Waals surface area contributed by atoms with Crippen LogP contribution in [0.15, 0.2) is 60.7 Å². The zero-order valence-electron chi connectivity index (χ0n) is 20.0. The SMILES string of the molecule is Cc1ccc(Nc2nc(C)cc(N3CCN(C(=O)CNC(=O)OCc4ccccc4)CC3)n2)cc1. The zero-order chi connectivity index (χ0) is 24.6. The molecular formula is C26H30N6O3. The minimum absolute atomic E-state index is 0.0924. The van der Waals surface area contributed by atoms with Crippen molar-refractivity contribution in [2.75, 3.05) is 42.9 Å². The average Bonchev–Trinajstić information content (AvgIpc) is 2.88. The number of hydrogen-bond donors (Lipinski definition) is 2. The molecule has 2 amide bonds. The van der Waals surface area contributed by atoms with Gasteiger partial charge in [-0.2, -0.15) is 4.98 Å². The lowest BCUT2D eigenvalue weighted by atomic mass is 10.2. The van der Waals surface area contributed by atoms with Gasteiger partial charge < -0.3 is 25.2 Å². The van der Waals surface area contributed by atoms with Crippen molar-refractivity contribution in [2.24, 2.45) is 0 Å². The minimum atomic E-state index is -0.606. The summed E-state index contributed by atoms with van der Waals surface area (Å²) in [6.07, 6.45) is -0.606. The Bertz CT molecular complexity index is 1150. The molecule has 3 aromatic rings. The molecule has 2 N–H and O–H groups in total. The van der Waals surface area contributed by atoms with E-state index in [4.69, 9.17) is 4.74 Å². The maximum absolute atomic E-state index is 12.6. The van der Waals surface area contributed by atoms with Gasteiger partial charge in [0.2, 0.25) is 11.9 Å². The fraction of sp³-hybridized carbons (Fsp3) is 0.308. The number of ether oxygens (including phenoxy) is 1. The fourth-order valence-corrected chi connectivity index (χ4v) is 3.75. The van der Waals surface area contributed by atoms with Crippen LogP contribution in [0.2, 0.25) is 0 Å². The smallest absolute Gasteiger partial charge is 0.407 e. The first-order chi connectivity index (χ1) is 17.0. The van der Waals surface area contributed by atoms with Crippen LogP contribution >= 0.6 is 0 Å². The molecule has 182 valence electrons. The van der Waals surface area contributed by atoms with Crippen molar-refractivity contribution in [3.63, 3.8) is 0 Å². The summed E-state index contributed by atoms with van der Waals surface area (Å²) in [5.74, 6) is 1.23. The number of aromatic nitrogens is 2. The normalized spacial score (nSPS) is 13.3. The van der Waals surface area contributed by atoms with E-state index in [0.29, 0.717) is 32.1 Å². The van der Waals surface area contributed by atoms with E-state index < -0.39 is 6.09 Å². The molecule has 1 aromatic heterocycles. The summed E-state index contributed by atoms with van der Waals surface area (Å²) in [7, 11) is 0. The summed E-state index contributed by atoms with van der Waals surface area (Å²) in [6.45, 7) is 6.43. The molecule has 0 radical (unpaired) electrons. The Balaban J connectivity index is 1.25. The summed E-state index contributed by atoms with van der Waals surface area (Å²) in [5.41, 5.74) is 3.87. The summed E-state index contributed by atoms with van der Waals surface area (Å²) >= 11 is 0. The average molecular weight is 475 g/mol. The predicted octanol–water partition coefficient (Wildman–Crippen LogP) is 3.41. The molecule has 1 saturated heterocycles. The topological polar surface area (TPSA) is 99.7 Å². The van der Waals surface area contributed by atoms with Crippen molar-refractivity contribution in [3.8, 4) is 0 Å². The Labute approximate surface area is 205 Å². The van der Waals surface area contributed by atoms with Gasteiger partial charge in [-0.3, -0.25) is 4.79 Å². The van der Waals surface area contributed by atoms with Crippen molar-refractivity contribution in [3.05, 3.63) is 77.5 Å². The predicted molar refractivity (Wildman–Crippen MR) is 135 cm³/mol. The van der Waals surface area contributed by atoms with E-state index >= 15 is 0 Å². The van der Waals surface area contributed by atoms with Crippen LogP contribution < -0.4 is 15.5 Å². The quantitative estimate of drug-likeness (QED) is 0.541. The van der Waals surface area contributed by atoms with E-state index in [1.54, 1.807) is 4.90 Å². The van der Waals surface area contributed by atoms with Crippen LogP contribution in [-0.4, -0.2) is 59.6 Å². The first kappa shape index (κ1) is 24.0. The van der Waals surface area contributed by atoms with Gasteiger partial charge in [-0.15, -0.1) is 0 Å². The summed E-state index contributed by atoms with van der Waals surface area (Å²) in [6, 6.07) is 19.4. The summed E-state index contributed by atoms with van der Waals surface area (Å²) in [4.78, 5) is 37.5. The van der Waals surface area contributed by atoms with Gasteiger partial charge in [0.1, 0.15) is 19.0 Å². The monoisotopic (exact) mass is 474 g/mol. The molecule has 1 fully saturated rings. The highest BCUT2D eigenvalue weighted by atomic mass is 16.5. The fourth-order valence-electron chi connectivity index (χ4n) is 3.75. The van der Waals surface area contributed by atoms with Crippen LogP contribution in [0.1, 0.15) is 16.8 Å². The van der Waals surface area contributed by atoms with Crippen molar-refractivity contribution in [1.29, 1.82) is 0 Å². The molecule has 9 heteroatoms. The minimum Gasteiger partial charge on any atom is -0.445 e. The van der Waals surface area contributed by atoms with Gasteiger partial charge in [0, 0.05) is 43.6 Å². The van der Waals surface area contributed by atoms with E-state index in [1.165, 1.54) is 5.56 Å². The van der Waals surface area contributed by atoms with Crippen LogP contribution in [0.25, 0.3) is 0 Å². The molecule has 2 aromatic carbocycles. The van der Waals surface area contributed by atoms with Crippen molar-refractivity contribution >= 4 is 29.5 Å². The third kappa shape index (κ3) is 6.92. The van der Waals surface area contributed by atoms with Gasteiger partial charge in [-0.25, -0.2) is 9.78 Å². The molecule has 9 nitrogen and oxygen atoms in total. The zero-order valence-corrected chi connectivity index (χ0v) is 20.0. The largest absolute Gasteiger partial charge is 0.445 e. The van der Waals surface area contributed by atoms with E-state index in [1.807, 2.05) is 74.5 Å². The first-order valence-corrected chi connectivity index (χ1v) is 11.6. The van der Waals surface area contributed by atoms with Gasteiger partial charge in [0.25, 0.3) is 0 Å². The van der Waals surface area contributed by atoms with E-state index in [0.717, 1.165) is 22.8 Å². The number of carbonyl (C=O) groups is 2. The Morgan fingerprint density at radius 2 is 1.66 bits per heavy atom. The Hall–Kier alpha value is -4.14. The lowest BCUT2D eigenvalue weighted by molar-refractivity contribution is -0.130. The molecular weight excluding hydrogens is 444 g/mol. The molecule has 2 heterocycles. The van der Waals surface area contributed by atoms with Gasteiger partial charge >= 0.3 is 6.09 Å². The van der Waals surface area contributed by atoms with Gasteiger partial charge in [-0.05, 0) is 31.5 Å². The molecule has 0 unspecified atom stereocenters. The Kier molecular flexibility index (Phi) is 7.77. The number of hydrogen-bond acceptors (Lipinski definition) is 7. The van der Waals surface area contributed by atoms with E-state index in [9.17, 15) is 9.59 Å².